The lowest BCUT2D eigenvalue weighted by molar-refractivity contribution is 0.0934. The lowest BCUT2D eigenvalue weighted by Gasteiger charge is -2.20. The largest absolute Gasteiger partial charge is 0.396 e. The molecule has 3 aliphatic rings. The highest BCUT2D eigenvalue weighted by Crippen LogP contribution is 2.46. The van der Waals surface area contributed by atoms with Gasteiger partial charge in [0.15, 0.2) is 0 Å². The summed E-state index contributed by atoms with van der Waals surface area (Å²) in [5.74, 6) is 2.62. The second-order valence-electron chi connectivity index (χ2n) is 9.99. The fourth-order valence-corrected chi connectivity index (χ4v) is 5.57. The number of imidazole rings is 1. The van der Waals surface area contributed by atoms with E-state index in [1.807, 2.05) is 18.5 Å². The van der Waals surface area contributed by atoms with E-state index in [0.29, 0.717) is 24.2 Å². The van der Waals surface area contributed by atoms with Crippen LogP contribution in [0.5, 0.6) is 0 Å². The van der Waals surface area contributed by atoms with Crippen molar-refractivity contribution in [1.82, 2.24) is 29.6 Å². The number of aryl methyl sites for hydroxylation is 2. The van der Waals surface area contributed by atoms with Crippen molar-refractivity contribution in [3.05, 3.63) is 58.6 Å². The zero-order valence-electron chi connectivity index (χ0n) is 19.7. The van der Waals surface area contributed by atoms with Crippen molar-refractivity contribution in [1.29, 1.82) is 0 Å². The molecule has 34 heavy (non-hydrogen) atoms. The van der Waals surface area contributed by atoms with Gasteiger partial charge in [0.1, 0.15) is 5.82 Å². The van der Waals surface area contributed by atoms with Crippen molar-refractivity contribution in [2.45, 2.75) is 45.2 Å². The third-order valence-electron chi connectivity index (χ3n) is 7.64. The van der Waals surface area contributed by atoms with Crippen molar-refractivity contribution in [2.75, 3.05) is 24.6 Å². The molecule has 178 valence electrons. The Morgan fingerprint density at radius 3 is 2.85 bits per heavy atom. The molecular formula is C25H31N7O2. The van der Waals surface area contributed by atoms with Crippen LogP contribution in [0.25, 0.3) is 0 Å². The Kier molecular flexibility index (Phi) is 5.17. The quantitative estimate of drug-likeness (QED) is 0.556. The van der Waals surface area contributed by atoms with Gasteiger partial charge in [0.05, 0.1) is 35.9 Å². The van der Waals surface area contributed by atoms with Crippen molar-refractivity contribution in [2.24, 2.45) is 18.9 Å². The van der Waals surface area contributed by atoms with Gasteiger partial charge in [-0.25, -0.2) is 9.97 Å². The van der Waals surface area contributed by atoms with E-state index in [1.165, 1.54) is 12.1 Å². The lowest BCUT2D eigenvalue weighted by Crippen LogP contribution is -2.28. The number of nitrogens with zero attached hydrogens (tertiary/aromatic N) is 6. The molecule has 3 atom stereocenters. The molecule has 0 radical (unpaired) electrons. The number of rotatable bonds is 7. The number of hydrogen-bond donors (Lipinski definition) is 2. The number of amides is 1. The Hall–Kier alpha value is -3.20. The Bertz CT molecular complexity index is 1240. The van der Waals surface area contributed by atoms with Crippen molar-refractivity contribution < 1.29 is 9.90 Å². The molecule has 9 heteroatoms. The standard InChI is InChI=1S/C25H31N7O2/c1-15-16(3-6-23(27-15)31-10-17-9-18(17)11-31)12-32-13-19(20(29-32)7-8-33)25(34)28-21-4-5-22-24(21)26-14-30(22)2/h3,6,13-14,17-18,21,33H,4-5,7-12H2,1-2H3,(H,28,34)/t17?,18?,21-/m1/s1. The summed E-state index contributed by atoms with van der Waals surface area (Å²) in [4.78, 5) is 24.9. The number of hydrogen-bond acceptors (Lipinski definition) is 6. The Morgan fingerprint density at radius 1 is 1.26 bits per heavy atom. The first kappa shape index (κ1) is 21.3. The number of carbonyl (C=O) groups is 1. The van der Waals surface area contributed by atoms with Crippen LogP contribution in [0, 0.1) is 18.8 Å². The minimum atomic E-state index is -0.170. The summed E-state index contributed by atoms with van der Waals surface area (Å²) in [7, 11) is 1.98. The maximum atomic E-state index is 13.2. The van der Waals surface area contributed by atoms with Crippen LogP contribution in [0.3, 0.4) is 0 Å². The molecule has 3 aromatic heterocycles. The zero-order valence-corrected chi connectivity index (χ0v) is 19.7. The highest BCUT2D eigenvalue weighted by molar-refractivity contribution is 5.95. The molecule has 9 nitrogen and oxygen atoms in total. The Morgan fingerprint density at radius 2 is 2.09 bits per heavy atom. The maximum absolute atomic E-state index is 13.2. The molecule has 2 unspecified atom stereocenters. The van der Waals surface area contributed by atoms with E-state index in [2.05, 4.69) is 32.4 Å². The van der Waals surface area contributed by atoms with Gasteiger partial charge in [-0.2, -0.15) is 5.10 Å². The first-order chi connectivity index (χ1) is 16.5. The summed E-state index contributed by atoms with van der Waals surface area (Å²) in [6.07, 6.45) is 7.05. The van der Waals surface area contributed by atoms with Crippen LogP contribution in [0.2, 0.25) is 0 Å². The molecule has 1 saturated heterocycles. The molecule has 3 aromatic rings. The Balaban J connectivity index is 1.18. The van der Waals surface area contributed by atoms with Gasteiger partial charge in [-0.3, -0.25) is 9.48 Å². The van der Waals surface area contributed by atoms with E-state index in [4.69, 9.17) is 4.98 Å². The lowest BCUT2D eigenvalue weighted by atomic mass is 10.1. The van der Waals surface area contributed by atoms with Crippen molar-refractivity contribution in [3.63, 3.8) is 0 Å². The summed E-state index contributed by atoms with van der Waals surface area (Å²) < 4.78 is 3.81. The number of piperidine rings is 1. The summed E-state index contributed by atoms with van der Waals surface area (Å²) >= 11 is 0. The van der Waals surface area contributed by atoms with E-state index in [9.17, 15) is 9.90 Å². The van der Waals surface area contributed by atoms with Crippen LogP contribution in [-0.2, 0) is 26.4 Å². The SMILES string of the molecule is Cc1nc(N2CC3CC3C2)ccc1Cn1cc(C(=O)N[C@@H]2CCc3c2ncn3C)c(CCO)n1. The molecule has 1 amide bonds. The number of nitrogens with one attached hydrogen (secondary N) is 1. The predicted octanol–water partition coefficient (Wildman–Crippen LogP) is 1.78. The second-order valence-corrected chi connectivity index (χ2v) is 9.99. The smallest absolute Gasteiger partial charge is 0.255 e. The number of aromatic nitrogens is 5. The maximum Gasteiger partial charge on any atom is 0.255 e. The minimum absolute atomic E-state index is 0.0573. The van der Waals surface area contributed by atoms with Gasteiger partial charge in [-0.05, 0) is 49.7 Å². The highest BCUT2D eigenvalue weighted by Gasteiger charge is 2.45. The summed E-state index contributed by atoms with van der Waals surface area (Å²) in [6.45, 7) is 4.76. The van der Waals surface area contributed by atoms with Gasteiger partial charge in [0.2, 0.25) is 0 Å². The first-order valence-electron chi connectivity index (χ1n) is 12.2. The van der Waals surface area contributed by atoms with Crippen molar-refractivity contribution >= 4 is 11.7 Å². The van der Waals surface area contributed by atoms with Gasteiger partial charge in [-0.15, -0.1) is 0 Å². The van der Waals surface area contributed by atoms with E-state index in [-0.39, 0.29) is 18.6 Å². The van der Waals surface area contributed by atoms with E-state index >= 15 is 0 Å². The molecule has 0 aromatic carbocycles. The number of pyridine rings is 1. The molecule has 6 rings (SSSR count). The predicted molar refractivity (Wildman–Crippen MR) is 127 cm³/mol. The number of carbonyl (C=O) groups excluding carboxylic acids is 1. The Labute approximate surface area is 198 Å². The van der Waals surface area contributed by atoms with Gasteiger partial charge in [0, 0.05) is 50.7 Å². The van der Waals surface area contributed by atoms with Crippen molar-refractivity contribution in [3.8, 4) is 0 Å². The molecule has 1 aliphatic heterocycles. The second kappa shape index (κ2) is 8.23. The summed E-state index contributed by atoms with van der Waals surface area (Å²) in [5, 5.41) is 17.3. The molecule has 0 spiro atoms. The highest BCUT2D eigenvalue weighted by atomic mass is 16.3. The van der Waals surface area contributed by atoms with Crippen LogP contribution < -0.4 is 10.2 Å². The number of fused-ring (bicyclic) bond motifs is 2. The van der Waals surface area contributed by atoms with Crippen LogP contribution in [0.1, 0.15) is 57.6 Å². The molecule has 2 fully saturated rings. The zero-order chi connectivity index (χ0) is 23.4. The molecule has 4 heterocycles. The summed E-state index contributed by atoms with van der Waals surface area (Å²) in [6, 6.07) is 4.13. The van der Waals surface area contributed by atoms with Crippen LogP contribution in [-0.4, -0.2) is 55.0 Å². The first-order valence-corrected chi connectivity index (χ1v) is 12.2. The summed E-state index contributed by atoms with van der Waals surface area (Å²) in [5.41, 5.74) is 5.30. The minimum Gasteiger partial charge on any atom is -0.396 e. The molecular weight excluding hydrogens is 430 g/mol. The third kappa shape index (κ3) is 3.77. The van der Waals surface area contributed by atoms with Crippen LogP contribution in [0.15, 0.2) is 24.7 Å². The average Bonchev–Trinajstić information content (AvgIpc) is 3.22. The van der Waals surface area contributed by atoms with E-state index < -0.39 is 0 Å². The molecule has 2 aliphatic carbocycles. The number of anilines is 1. The van der Waals surface area contributed by atoms with E-state index in [1.54, 1.807) is 17.2 Å². The monoisotopic (exact) mass is 461 g/mol. The molecule has 1 saturated carbocycles. The van der Waals surface area contributed by atoms with Gasteiger partial charge in [-0.1, -0.05) is 6.07 Å². The average molecular weight is 462 g/mol. The van der Waals surface area contributed by atoms with Crippen LogP contribution in [0.4, 0.5) is 5.82 Å². The normalized spacial score (nSPS) is 22.7. The fourth-order valence-electron chi connectivity index (χ4n) is 5.57. The van der Waals surface area contributed by atoms with Gasteiger partial charge >= 0.3 is 0 Å². The van der Waals surface area contributed by atoms with E-state index in [0.717, 1.165) is 60.5 Å². The third-order valence-corrected chi connectivity index (χ3v) is 7.64. The van der Waals surface area contributed by atoms with Crippen LogP contribution >= 0.6 is 0 Å². The molecule has 2 N–H and O–H groups in total. The number of aliphatic hydroxyl groups is 1. The molecule has 0 bridgehead atoms. The fraction of sp³-hybridized carbons (Fsp3) is 0.520. The topological polar surface area (TPSA) is 101 Å². The van der Waals surface area contributed by atoms with Gasteiger partial charge < -0.3 is 19.9 Å². The number of aliphatic hydroxyl groups excluding tert-OH is 1. The van der Waals surface area contributed by atoms with Gasteiger partial charge in [0.25, 0.3) is 5.91 Å².